The summed E-state index contributed by atoms with van der Waals surface area (Å²) in [5, 5.41) is 7.24. The number of allylic oxidation sites excluding steroid dienone is 1. The van der Waals surface area contributed by atoms with Gasteiger partial charge in [-0.15, -0.1) is 0 Å². The third-order valence-electron chi connectivity index (χ3n) is 3.46. The summed E-state index contributed by atoms with van der Waals surface area (Å²) in [6.07, 6.45) is 5.87. The Labute approximate surface area is 137 Å². The van der Waals surface area contributed by atoms with E-state index in [4.69, 9.17) is 17.3 Å². The number of aliphatic imine (C=N–C) groups is 1. The molecular weight excluding hydrogens is 298 g/mol. The third-order valence-corrected chi connectivity index (χ3v) is 3.69. The fraction of sp³-hybridized carbons (Fsp3) is 0.438. The predicted octanol–water partition coefficient (Wildman–Crippen LogP) is 1.86. The van der Waals surface area contributed by atoms with Gasteiger partial charge in [-0.1, -0.05) is 23.7 Å². The number of hydrogen-bond donors (Lipinski definition) is 3. The van der Waals surface area contributed by atoms with Gasteiger partial charge in [0.25, 0.3) is 0 Å². The summed E-state index contributed by atoms with van der Waals surface area (Å²) in [5.41, 5.74) is 7.18. The number of benzene rings is 1. The van der Waals surface area contributed by atoms with Crippen LogP contribution in [0.15, 0.2) is 41.2 Å². The topological polar surface area (TPSA) is 65.7 Å². The maximum Gasteiger partial charge on any atom is 0.210 e. The van der Waals surface area contributed by atoms with Gasteiger partial charge in [-0.3, -0.25) is 5.73 Å². The quantitative estimate of drug-likeness (QED) is 0.671. The molecule has 0 amide bonds. The molecule has 0 aromatic heterocycles. The van der Waals surface area contributed by atoms with Crippen LogP contribution < -0.4 is 16.4 Å². The Morgan fingerprint density at radius 1 is 1.36 bits per heavy atom. The highest BCUT2D eigenvalue weighted by atomic mass is 35.5. The van der Waals surface area contributed by atoms with Crippen LogP contribution in [0, 0.1) is 0 Å². The van der Waals surface area contributed by atoms with Crippen LogP contribution in [0.25, 0.3) is 0 Å². The molecule has 0 fully saturated rings. The lowest BCUT2D eigenvalue weighted by Crippen LogP contribution is -2.52. The van der Waals surface area contributed by atoms with Crippen LogP contribution in [0.4, 0.5) is 0 Å². The highest BCUT2D eigenvalue weighted by Crippen LogP contribution is 2.22. The molecule has 22 heavy (non-hydrogen) atoms. The van der Waals surface area contributed by atoms with E-state index in [2.05, 4.69) is 34.6 Å². The second kappa shape index (κ2) is 7.63. The summed E-state index contributed by atoms with van der Waals surface area (Å²) in [4.78, 5) is 6.54. The predicted molar refractivity (Wildman–Crippen MR) is 92.8 cm³/mol. The molecule has 1 aromatic rings. The average molecular weight is 322 g/mol. The minimum absolute atomic E-state index is 0.645. The first-order valence-electron chi connectivity index (χ1n) is 7.47. The van der Waals surface area contributed by atoms with Gasteiger partial charge in [0.2, 0.25) is 5.79 Å². The first kappa shape index (κ1) is 16.8. The first-order chi connectivity index (χ1) is 10.5. The molecule has 1 unspecified atom stereocenters. The van der Waals surface area contributed by atoms with Crippen molar-refractivity contribution >= 4 is 17.8 Å². The number of halogens is 1. The van der Waals surface area contributed by atoms with Gasteiger partial charge in [0.15, 0.2) is 0 Å². The molecule has 1 atom stereocenters. The van der Waals surface area contributed by atoms with Gasteiger partial charge in [0.1, 0.15) is 5.82 Å². The molecule has 1 aliphatic rings. The van der Waals surface area contributed by atoms with E-state index in [9.17, 15) is 0 Å². The first-order valence-corrected chi connectivity index (χ1v) is 7.85. The van der Waals surface area contributed by atoms with Gasteiger partial charge in [-0.05, 0) is 51.7 Å². The van der Waals surface area contributed by atoms with Crippen LogP contribution in [0.3, 0.4) is 0 Å². The largest absolute Gasteiger partial charge is 0.372 e. The van der Waals surface area contributed by atoms with E-state index in [1.54, 1.807) is 6.21 Å². The lowest BCUT2D eigenvalue weighted by Gasteiger charge is -2.31. The molecule has 1 heterocycles. The number of unbranched alkanes of at least 4 members (excludes halogenated alkanes) is 1. The SMILES string of the molecule is CN(C)CCCCNC1=CC=NC(N)(c2cccc(Cl)c2)N1. The lowest BCUT2D eigenvalue weighted by atomic mass is 10.1. The van der Waals surface area contributed by atoms with E-state index < -0.39 is 5.79 Å². The van der Waals surface area contributed by atoms with E-state index in [0.717, 1.165) is 37.3 Å². The van der Waals surface area contributed by atoms with Crippen LogP contribution in [-0.2, 0) is 5.79 Å². The molecule has 0 saturated carbocycles. The second-order valence-electron chi connectivity index (χ2n) is 5.70. The smallest absolute Gasteiger partial charge is 0.210 e. The van der Waals surface area contributed by atoms with Crippen molar-refractivity contribution in [1.82, 2.24) is 15.5 Å². The van der Waals surface area contributed by atoms with Crippen molar-refractivity contribution < 1.29 is 0 Å². The minimum Gasteiger partial charge on any atom is -0.372 e. The third kappa shape index (κ3) is 4.73. The van der Waals surface area contributed by atoms with Gasteiger partial charge in [0, 0.05) is 23.3 Å². The second-order valence-corrected chi connectivity index (χ2v) is 6.13. The molecular formula is C16H24ClN5. The zero-order valence-electron chi connectivity index (χ0n) is 13.1. The molecule has 4 N–H and O–H groups in total. The normalized spacial score (nSPS) is 20.7. The average Bonchev–Trinajstić information content (AvgIpc) is 2.47. The van der Waals surface area contributed by atoms with E-state index >= 15 is 0 Å². The zero-order valence-corrected chi connectivity index (χ0v) is 13.9. The summed E-state index contributed by atoms with van der Waals surface area (Å²) in [6, 6.07) is 7.43. The van der Waals surface area contributed by atoms with Crippen LogP contribution in [-0.4, -0.2) is 38.3 Å². The maximum absolute atomic E-state index is 6.35. The molecule has 1 aliphatic heterocycles. The molecule has 1 aromatic carbocycles. The Balaban J connectivity index is 1.89. The molecule has 6 heteroatoms. The van der Waals surface area contributed by atoms with Gasteiger partial charge in [0.05, 0.1) is 0 Å². The zero-order chi connectivity index (χ0) is 16.0. The molecule has 0 saturated heterocycles. The summed E-state index contributed by atoms with van der Waals surface area (Å²) in [6.45, 7) is 1.99. The number of nitrogens with zero attached hydrogens (tertiary/aromatic N) is 2. The van der Waals surface area contributed by atoms with Crippen molar-refractivity contribution in [3.8, 4) is 0 Å². The Morgan fingerprint density at radius 2 is 2.18 bits per heavy atom. The number of hydrogen-bond acceptors (Lipinski definition) is 5. The summed E-state index contributed by atoms with van der Waals surface area (Å²) >= 11 is 6.04. The Hall–Kier alpha value is -1.56. The van der Waals surface area contributed by atoms with Gasteiger partial charge >= 0.3 is 0 Å². The van der Waals surface area contributed by atoms with Crippen molar-refractivity contribution in [2.45, 2.75) is 18.6 Å². The van der Waals surface area contributed by atoms with Crippen molar-refractivity contribution in [2.75, 3.05) is 27.2 Å². The van der Waals surface area contributed by atoms with Crippen LogP contribution in [0.1, 0.15) is 18.4 Å². The van der Waals surface area contributed by atoms with E-state index in [-0.39, 0.29) is 0 Å². The number of rotatable bonds is 7. The standard InChI is InChI=1S/C16H24ClN5/c1-22(2)11-4-3-9-19-15-8-10-20-16(18,21-15)13-6-5-7-14(17)12-13/h5-8,10,12,19,21H,3-4,9,11,18H2,1-2H3. The van der Waals surface area contributed by atoms with Crippen molar-refractivity contribution in [2.24, 2.45) is 10.7 Å². The fourth-order valence-corrected chi connectivity index (χ4v) is 2.45. The molecule has 0 aliphatic carbocycles. The summed E-state index contributed by atoms with van der Waals surface area (Å²) < 4.78 is 0. The molecule has 120 valence electrons. The number of nitrogens with two attached hydrogens (primary N) is 1. The number of nitrogens with one attached hydrogen (secondary N) is 2. The monoisotopic (exact) mass is 321 g/mol. The summed E-state index contributed by atoms with van der Waals surface area (Å²) in [7, 11) is 4.17. The lowest BCUT2D eigenvalue weighted by molar-refractivity contribution is 0.374. The highest BCUT2D eigenvalue weighted by molar-refractivity contribution is 6.30. The van der Waals surface area contributed by atoms with Crippen LogP contribution >= 0.6 is 11.6 Å². The Morgan fingerprint density at radius 3 is 2.91 bits per heavy atom. The summed E-state index contributed by atoms with van der Waals surface area (Å²) in [5.74, 6) is -0.103. The van der Waals surface area contributed by atoms with E-state index in [1.165, 1.54) is 0 Å². The highest BCUT2D eigenvalue weighted by Gasteiger charge is 2.28. The Kier molecular flexibility index (Phi) is 5.83. The van der Waals surface area contributed by atoms with Gasteiger partial charge in [-0.25, -0.2) is 4.99 Å². The molecule has 0 radical (unpaired) electrons. The molecule has 0 bridgehead atoms. The van der Waals surface area contributed by atoms with Crippen LogP contribution in [0.5, 0.6) is 0 Å². The van der Waals surface area contributed by atoms with E-state index in [1.807, 2.05) is 30.3 Å². The molecule has 0 spiro atoms. The maximum atomic E-state index is 6.35. The Bertz CT molecular complexity index is 555. The van der Waals surface area contributed by atoms with Crippen molar-refractivity contribution in [3.63, 3.8) is 0 Å². The fourth-order valence-electron chi connectivity index (χ4n) is 2.26. The van der Waals surface area contributed by atoms with E-state index in [0.29, 0.717) is 5.02 Å². The van der Waals surface area contributed by atoms with Crippen molar-refractivity contribution in [3.05, 3.63) is 46.7 Å². The van der Waals surface area contributed by atoms with Gasteiger partial charge in [-0.2, -0.15) is 0 Å². The van der Waals surface area contributed by atoms with Gasteiger partial charge < -0.3 is 15.5 Å². The molecule has 2 rings (SSSR count). The van der Waals surface area contributed by atoms with Crippen LogP contribution in [0.2, 0.25) is 5.02 Å². The molecule has 5 nitrogen and oxygen atoms in total. The van der Waals surface area contributed by atoms with Crippen molar-refractivity contribution in [1.29, 1.82) is 0 Å². The minimum atomic E-state index is -0.981.